The van der Waals surface area contributed by atoms with Crippen LogP contribution in [0.15, 0.2) is 48.5 Å². The Labute approximate surface area is 163 Å². The van der Waals surface area contributed by atoms with Crippen molar-refractivity contribution in [2.45, 2.75) is 37.1 Å². The second kappa shape index (κ2) is 6.36. The average molecular weight is 377 g/mol. The number of carboxylic acids is 1. The van der Waals surface area contributed by atoms with Gasteiger partial charge < -0.3 is 15.2 Å². The third-order valence-electron chi connectivity index (χ3n) is 6.90. The van der Waals surface area contributed by atoms with E-state index in [1.165, 1.54) is 11.1 Å². The third kappa shape index (κ3) is 2.53. The summed E-state index contributed by atoms with van der Waals surface area (Å²) in [5.74, 6) is -0.558. The van der Waals surface area contributed by atoms with Crippen molar-refractivity contribution in [1.82, 2.24) is 5.32 Å². The van der Waals surface area contributed by atoms with Gasteiger partial charge in [0.05, 0.1) is 0 Å². The summed E-state index contributed by atoms with van der Waals surface area (Å²) in [5, 5.41) is 12.5. The smallest absolute Gasteiger partial charge is 0.408 e. The standard InChI is InChI=1S/C23H23NO4/c25-21(26)23(12-14-9-10-15(23)11-14)24-22(27)28-13-20-18-7-3-1-5-16(18)17-6-2-4-8-19(17)20/h1-8,14-15,20H,9-13H2,(H,24,27)(H,25,26)/t14-,15+,23+/m1/s1. The van der Waals surface area contributed by atoms with Crippen LogP contribution in [-0.4, -0.2) is 29.3 Å². The van der Waals surface area contributed by atoms with E-state index in [2.05, 4.69) is 29.6 Å². The number of rotatable bonds is 4. The molecule has 0 saturated heterocycles. The summed E-state index contributed by atoms with van der Waals surface area (Å²) >= 11 is 0. The molecule has 1 amide bonds. The van der Waals surface area contributed by atoms with Gasteiger partial charge in [0.15, 0.2) is 0 Å². The third-order valence-corrected chi connectivity index (χ3v) is 6.90. The summed E-state index contributed by atoms with van der Waals surface area (Å²) < 4.78 is 5.57. The van der Waals surface area contributed by atoms with Crippen molar-refractivity contribution in [2.24, 2.45) is 11.8 Å². The number of fused-ring (bicyclic) bond motifs is 5. The van der Waals surface area contributed by atoms with Crippen LogP contribution < -0.4 is 5.32 Å². The molecule has 0 aliphatic heterocycles. The van der Waals surface area contributed by atoms with E-state index in [4.69, 9.17) is 4.74 Å². The summed E-state index contributed by atoms with van der Waals surface area (Å²) in [7, 11) is 0. The van der Waals surface area contributed by atoms with Crippen LogP contribution in [0, 0.1) is 11.8 Å². The van der Waals surface area contributed by atoms with Crippen molar-refractivity contribution in [3.8, 4) is 11.1 Å². The lowest BCUT2D eigenvalue weighted by Gasteiger charge is -2.34. The molecule has 3 aliphatic rings. The minimum absolute atomic E-state index is 0.00971. The average Bonchev–Trinajstić information content (AvgIpc) is 3.38. The Balaban J connectivity index is 1.33. The molecule has 5 nitrogen and oxygen atoms in total. The molecule has 0 heterocycles. The molecule has 0 aromatic heterocycles. The Kier molecular flexibility index (Phi) is 3.93. The maximum Gasteiger partial charge on any atom is 0.408 e. The lowest BCUT2D eigenvalue weighted by atomic mass is 9.81. The molecule has 2 N–H and O–H groups in total. The number of hydrogen-bond donors (Lipinski definition) is 2. The fourth-order valence-electron chi connectivity index (χ4n) is 5.62. The van der Waals surface area contributed by atoms with Gasteiger partial charge in [-0.2, -0.15) is 0 Å². The summed E-state index contributed by atoms with van der Waals surface area (Å²) in [6.07, 6.45) is 2.69. The van der Waals surface area contributed by atoms with E-state index in [0.717, 1.165) is 30.4 Å². The second-order valence-electron chi connectivity index (χ2n) is 8.31. The molecule has 2 bridgehead atoms. The van der Waals surface area contributed by atoms with Crippen molar-refractivity contribution in [2.75, 3.05) is 6.61 Å². The minimum atomic E-state index is -1.16. The zero-order valence-corrected chi connectivity index (χ0v) is 15.6. The van der Waals surface area contributed by atoms with Gasteiger partial charge in [0.2, 0.25) is 0 Å². The number of benzene rings is 2. The molecule has 28 heavy (non-hydrogen) atoms. The lowest BCUT2D eigenvalue weighted by Crippen LogP contribution is -2.58. The van der Waals surface area contributed by atoms with Gasteiger partial charge in [0, 0.05) is 5.92 Å². The van der Waals surface area contributed by atoms with E-state index >= 15 is 0 Å². The number of alkyl carbamates (subject to hydrolysis) is 1. The highest BCUT2D eigenvalue weighted by Gasteiger charge is 2.57. The predicted octanol–water partition coefficient (Wildman–Crippen LogP) is 4.17. The topological polar surface area (TPSA) is 75.6 Å². The molecule has 2 fully saturated rings. The molecule has 144 valence electrons. The Hall–Kier alpha value is -2.82. The van der Waals surface area contributed by atoms with Crippen molar-refractivity contribution in [3.63, 3.8) is 0 Å². The van der Waals surface area contributed by atoms with Crippen LogP contribution in [0.4, 0.5) is 4.79 Å². The number of carboxylic acid groups (broad SMARTS) is 1. The number of nitrogens with one attached hydrogen (secondary N) is 1. The molecule has 2 aromatic carbocycles. The first-order valence-corrected chi connectivity index (χ1v) is 9.95. The van der Waals surface area contributed by atoms with E-state index in [0.29, 0.717) is 12.3 Å². The van der Waals surface area contributed by atoms with Gasteiger partial charge in [-0.3, -0.25) is 0 Å². The normalized spacial score (nSPS) is 27.3. The maximum atomic E-state index is 12.6. The largest absolute Gasteiger partial charge is 0.479 e. The van der Waals surface area contributed by atoms with Crippen LogP contribution in [0.3, 0.4) is 0 Å². The van der Waals surface area contributed by atoms with Crippen molar-refractivity contribution in [1.29, 1.82) is 0 Å². The number of carbonyl (C=O) groups is 2. The molecular weight excluding hydrogens is 354 g/mol. The van der Waals surface area contributed by atoms with Crippen LogP contribution in [0.5, 0.6) is 0 Å². The maximum absolute atomic E-state index is 12.6. The fourth-order valence-corrected chi connectivity index (χ4v) is 5.62. The Morgan fingerprint density at radius 3 is 2.21 bits per heavy atom. The highest BCUT2D eigenvalue weighted by molar-refractivity contribution is 5.85. The summed E-state index contributed by atoms with van der Waals surface area (Å²) in [5.41, 5.74) is 3.46. The van der Waals surface area contributed by atoms with Gasteiger partial charge in [0.1, 0.15) is 12.1 Å². The van der Waals surface area contributed by atoms with Crippen molar-refractivity contribution in [3.05, 3.63) is 59.7 Å². The SMILES string of the molecule is O=C(N[C@@]1(C(=O)O)C[C@@H]2CC[C@H]1C2)OCC1c2ccccc2-c2ccccc21. The van der Waals surface area contributed by atoms with Crippen LogP contribution >= 0.6 is 0 Å². The van der Waals surface area contributed by atoms with Crippen LogP contribution in [0.1, 0.15) is 42.7 Å². The monoisotopic (exact) mass is 377 g/mol. The summed E-state index contributed by atoms with van der Waals surface area (Å²) in [6.45, 7) is 0.198. The fraction of sp³-hybridized carbons (Fsp3) is 0.391. The van der Waals surface area contributed by atoms with Crippen molar-refractivity contribution < 1.29 is 19.4 Å². The molecule has 0 radical (unpaired) electrons. The molecule has 5 heteroatoms. The summed E-state index contributed by atoms with van der Waals surface area (Å²) in [4.78, 5) is 24.5. The number of aliphatic carboxylic acids is 1. The Morgan fingerprint density at radius 2 is 1.68 bits per heavy atom. The highest BCUT2D eigenvalue weighted by atomic mass is 16.5. The number of carbonyl (C=O) groups excluding carboxylic acids is 1. The molecule has 0 spiro atoms. The molecule has 2 aromatic rings. The van der Waals surface area contributed by atoms with Crippen LogP contribution in [0.2, 0.25) is 0 Å². The van der Waals surface area contributed by atoms with Gasteiger partial charge in [-0.1, -0.05) is 48.5 Å². The van der Waals surface area contributed by atoms with E-state index in [-0.39, 0.29) is 18.4 Å². The number of ether oxygens (including phenoxy) is 1. The first kappa shape index (κ1) is 17.3. The van der Waals surface area contributed by atoms with Crippen LogP contribution in [-0.2, 0) is 9.53 Å². The Bertz CT molecular complexity index is 910. The van der Waals surface area contributed by atoms with E-state index in [9.17, 15) is 14.7 Å². The zero-order chi connectivity index (χ0) is 19.3. The molecule has 0 unspecified atom stereocenters. The van der Waals surface area contributed by atoms with Crippen molar-refractivity contribution >= 4 is 12.1 Å². The molecule has 3 atom stereocenters. The summed E-state index contributed by atoms with van der Waals surface area (Å²) in [6, 6.07) is 16.3. The van der Waals surface area contributed by atoms with Gasteiger partial charge in [0.25, 0.3) is 0 Å². The zero-order valence-electron chi connectivity index (χ0n) is 15.6. The number of hydrogen-bond acceptors (Lipinski definition) is 3. The van der Waals surface area contributed by atoms with Crippen LogP contribution in [0.25, 0.3) is 11.1 Å². The molecule has 3 aliphatic carbocycles. The predicted molar refractivity (Wildman–Crippen MR) is 104 cm³/mol. The van der Waals surface area contributed by atoms with E-state index in [1.807, 2.05) is 24.3 Å². The van der Waals surface area contributed by atoms with Gasteiger partial charge in [-0.05, 0) is 59.8 Å². The lowest BCUT2D eigenvalue weighted by molar-refractivity contribution is -0.147. The molecular formula is C23H23NO4. The first-order valence-electron chi connectivity index (χ1n) is 9.95. The Morgan fingerprint density at radius 1 is 1.04 bits per heavy atom. The first-order chi connectivity index (χ1) is 13.6. The van der Waals surface area contributed by atoms with Gasteiger partial charge >= 0.3 is 12.1 Å². The highest BCUT2D eigenvalue weighted by Crippen LogP contribution is 2.51. The van der Waals surface area contributed by atoms with Gasteiger partial charge in [-0.25, -0.2) is 9.59 Å². The second-order valence-corrected chi connectivity index (χ2v) is 8.31. The van der Waals surface area contributed by atoms with E-state index < -0.39 is 17.6 Å². The number of amides is 1. The quantitative estimate of drug-likeness (QED) is 0.839. The molecule has 5 rings (SSSR count). The minimum Gasteiger partial charge on any atom is -0.479 e. The van der Waals surface area contributed by atoms with E-state index in [1.54, 1.807) is 0 Å². The molecule has 2 saturated carbocycles. The van der Waals surface area contributed by atoms with Gasteiger partial charge in [-0.15, -0.1) is 0 Å².